The molecule has 0 radical (unpaired) electrons. The molecule has 1 heterocycles. The molecule has 0 aliphatic heterocycles. The van der Waals surface area contributed by atoms with Crippen LogP contribution in [0.15, 0.2) is 35.5 Å². The van der Waals surface area contributed by atoms with Gasteiger partial charge in [0.1, 0.15) is 0 Å². The molecule has 4 N–H and O–H groups in total. The number of nitrogens with zero attached hydrogens (tertiary/aromatic N) is 2. The first kappa shape index (κ1) is 14.4. The summed E-state index contributed by atoms with van der Waals surface area (Å²) in [6, 6.07) is 4.60. The molecule has 0 aliphatic rings. The van der Waals surface area contributed by atoms with Crippen LogP contribution in [0.1, 0.15) is 5.56 Å². The van der Waals surface area contributed by atoms with Gasteiger partial charge >= 0.3 is 0 Å². The third-order valence-electron chi connectivity index (χ3n) is 2.84. The molecule has 1 aromatic carbocycles. The average molecular weight is 295 g/mol. The topological polar surface area (TPSA) is 104 Å². The van der Waals surface area contributed by atoms with Gasteiger partial charge in [0.25, 0.3) is 0 Å². The number of anilines is 2. The lowest BCUT2D eigenvalue weighted by atomic mass is 10.2. The van der Waals surface area contributed by atoms with Crippen molar-refractivity contribution in [2.24, 2.45) is 0 Å². The zero-order valence-electron chi connectivity index (χ0n) is 11.3. The fourth-order valence-electron chi connectivity index (χ4n) is 1.63. The van der Waals surface area contributed by atoms with E-state index >= 15 is 0 Å². The lowest BCUT2D eigenvalue weighted by molar-refractivity contribution is 0.521. The van der Waals surface area contributed by atoms with Crippen molar-refractivity contribution >= 4 is 21.4 Å². The summed E-state index contributed by atoms with van der Waals surface area (Å²) in [5.74, 6) is 0. The van der Waals surface area contributed by atoms with Crippen LogP contribution in [0, 0.1) is 0 Å². The van der Waals surface area contributed by atoms with Gasteiger partial charge in [0.2, 0.25) is 10.0 Å². The number of hydrogen-bond acceptors (Lipinski definition) is 5. The van der Waals surface area contributed by atoms with Crippen LogP contribution in [0.4, 0.5) is 11.4 Å². The predicted molar refractivity (Wildman–Crippen MR) is 77.6 cm³/mol. The van der Waals surface area contributed by atoms with Gasteiger partial charge in [-0.25, -0.2) is 12.7 Å². The molecule has 0 unspecified atom stereocenters. The number of rotatable bonds is 5. The van der Waals surface area contributed by atoms with Crippen molar-refractivity contribution < 1.29 is 8.42 Å². The van der Waals surface area contributed by atoms with Gasteiger partial charge in [0, 0.05) is 32.4 Å². The summed E-state index contributed by atoms with van der Waals surface area (Å²) >= 11 is 0. The molecule has 0 atom stereocenters. The first-order chi connectivity index (χ1) is 9.41. The lowest BCUT2D eigenvalue weighted by Crippen LogP contribution is -2.22. The largest absolute Gasteiger partial charge is 0.397 e. The number of aromatic nitrogens is 2. The first-order valence-electron chi connectivity index (χ1n) is 5.95. The van der Waals surface area contributed by atoms with Crippen LogP contribution in [0.3, 0.4) is 0 Å². The first-order valence-corrected chi connectivity index (χ1v) is 7.39. The van der Waals surface area contributed by atoms with Gasteiger partial charge in [0.05, 0.1) is 22.5 Å². The van der Waals surface area contributed by atoms with Crippen molar-refractivity contribution in [2.45, 2.75) is 11.4 Å². The summed E-state index contributed by atoms with van der Waals surface area (Å²) in [7, 11) is -0.488. The van der Waals surface area contributed by atoms with E-state index < -0.39 is 10.0 Å². The Kier molecular flexibility index (Phi) is 3.96. The molecule has 1 aromatic heterocycles. The number of benzene rings is 1. The third kappa shape index (κ3) is 2.91. The van der Waals surface area contributed by atoms with Gasteiger partial charge in [-0.15, -0.1) is 0 Å². The zero-order chi connectivity index (χ0) is 14.8. The van der Waals surface area contributed by atoms with Crippen LogP contribution >= 0.6 is 0 Å². The summed E-state index contributed by atoms with van der Waals surface area (Å²) in [4.78, 5) is 0.200. The number of aromatic amines is 1. The van der Waals surface area contributed by atoms with E-state index in [0.29, 0.717) is 17.9 Å². The second-order valence-electron chi connectivity index (χ2n) is 4.50. The summed E-state index contributed by atoms with van der Waals surface area (Å²) in [5, 5.41) is 9.64. The molecular formula is C12H17N5O2S. The molecule has 0 bridgehead atoms. The van der Waals surface area contributed by atoms with Gasteiger partial charge in [-0.2, -0.15) is 5.10 Å². The molecule has 0 fully saturated rings. The highest BCUT2D eigenvalue weighted by molar-refractivity contribution is 7.89. The van der Waals surface area contributed by atoms with Gasteiger partial charge in [-0.1, -0.05) is 0 Å². The lowest BCUT2D eigenvalue weighted by Gasteiger charge is -2.14. The van der Waals surface area contributed by atoms with Crippen LogP contribution in [0.2, 0.25) is 0 Å². The molecule has 0 amide bonds. The molecule has 0 aliphatic carbocycles. The maximum atomic E-state index is 12.1. The maximum Gasteiger partial charge on any atom is 0.242 e. The SMILES string of the molecule is CN(C)S(=O)(=O)c1ccc(N)c(NCc2cn[nH]c2)c1. The Bertz CT molecular complexity index is 680. The van der Waals surface area contributed by atoms with Gasteiger partial charge < -0.3 is 11.1 Å². The molecule has 7 nitrogen and oxygen atoms in total. The van der Waals surface area contributed by atoms with E-state index in [4.69, 9.17) is 5.73 Å². The Morgan fingerprint density at radius 1 is 1.40 bits per heavy atom. The third-order valence-corrected chi connectivity index (χ3v) is 4.65. The fraction of sp³-hybridized carbons (Fsp3) is 0.250. The van der Waals surface area contributed by atoms with Crippen molar-refractivity contribution in [1.82, 2.24) is 14.5 Å². The molecule has 20 heavy (non-hydrogen) atoms. The number of hydrogen-bond donors (Lipinski definition) is 3. The van der Waals surface area contributed by atoms with Crippen molar-refractivity contribution in [2.75, 3.05) is 25.1 Å². The smallest absolute Gasteiger partial charge is 0.242 e. The van der Waals surface area contributed by atoms with Gasteiger partial charge in [-0.3, -0.25) is 5.10 Å². The van der Waals surface area contributed by atoms with E-state index in [1.54, 1.807) is 18.5 Å². The average Bonchev–Trinajstić information content (AvgIpc) is 2.90. The van der Waals surface area contributed by atoms with E-state index in [0.717, 1.165) is 5.56 Å². The van der Waals surface area contributed by atoms with Gasteiger partial charge in [-0.05, 0) is 18.2 Å². The molecule has 0 saturated carbocycles. The summed E-state index contributed by atoms with van der Waals surface area (Å²) in [6.07, 6.45) is 3.44. The van der Waals surface area contributed by atoms with Crippen molar-refractivity contribution in [3.05, 3.63) is 36.2 Å². The summed E-state index contributed by atoms with van der Waals surface area (Å²) < 4.78 is 25.3. The summed E-state index contributed by atoms with van der Waals surface area (Å²) in [5.41, 5.74) is 7.87. The minimum Gasteiger partial charge on any atom is -0.397 e. The van der Waals surface area contributed by atoms with Crippen LogP contribution in [0.5, 0.6) is 0 Å². The minimum absolute atomic E-state index is 0.200. The van der Waals surface area contributed by atoms with Crippen LogP contribution in [0.25, 0.3) is 0 Å². The monoisotopic (exact) mass is 295 g/mol. The Hall–Kier alpha value is -2.06. The standard InChI is InChI=1S/C12H17N5O2S/c1-17(2)20(18,19)10-3-4-11(13)12(5-10)14-6-9-7-15-16-8-9/h3-5,7-8,14H,6,13H2,1-2H3,(H,15,16). The number of H-pyrrole nitrogens is 1. The highest BCUT2D eigenvalue weighted by Gasteiger charge is 2.18. The van der Waals surface area contributed by atoms with Gasteiger partial charge in [0.15, 0.2) is 0 Å². The Morgan fingerprint density at radius 3 is 2.75 bits per heavy atom. The molecule has 0 saturated heterocycles. The van der Waals surface area contributed by atoms with Crippen LogP contribution in [-0.2, 0) is 16.6 Å². The second-order valence-corrected chi connectivity index (χ2v) is 6.65. The van der Waals surface area contributed by atoms with Crippen molar-refractivity contribution in [3.8, 4) is 0 Å². The molecular weight excluding hydrogens is 278 g/mol. The highest BCUT2D eigenvalue weighted by Crippen LogP contribution is 2.24. The Balaban J connectivity index is 2.25. The van der Waals surface area contributed by atoms with E-state index in [9.17, 15) is 8.42 Å². The number of nitrogens with two attached hydrogens (primary N) is 1. The highest BCUT2D eigenvalue weighted by atomic mass is 32.2. The molecule has 2 aromatic rings. The molecule has 108 valence electrons. The number of nitrogen functional groups attached to an aromatic ring is 1. The van der Waals surface area contributed by atoms with E-state index in [1.165, 1.54) is 30.5 Å². The number of nitrogens with one attached hydrogen (secondary N) is 2. The zero-order valence-corrected chi connectivity index (χ0v) is 12.1. The summed E-state index contributed by atoms with van der Waals surface area (Å²) in [6.45, 7) is 0.506. The number of sulfonamides is 1. The second kappa shape index (κ2) is 5.51. The van der Waals surface area contributed by atoms with Crippen LogP contribution < -0.4 is 11.1 Å². The van der Waals surface area contributed by atoms with E-state index in [-0.39, 0.29) is 4.90 Å². The molecule has 0 spiro atoms. The van der Waals surface area contributed by atoms with Crippen molar-refractivity contribution in [3.63, 3.8) is 0 Å². The molecule has 8 heteroatoms. The minimum atomic E-state index is -3.47. The molecule has 2 rings (SSSR count). The van der Waals surface area contributed by atoms with E-state index in [1.807, 2.05) is 0 Å². The Morgan fingerprint density at radius 2 is 2.15 bits per heavy atom. The maximum absolute atomic E-state index is 12.1. The fourth-order valence-corrected chi connectivity index (χ4v) is 2.56. The van der Waals surface area contributed by atoms with Crippen LogP contribution in [-0.4, -0.2) is 37.0 Å². The van der Waals surface area contributed by atoms with E-state index in [2.05, 4.69) is 15.5 Å². The quantitative estimate of drug-likeness (QED) is 0.710. The predicted octanol–water partition coefficient (Wildman–Crippen LogP) is 0.854. The Labute approximate surface area is 117 Å². The normalized spacial score (nSPS) is 11.8. The van der Waals surface area contributed by atoms with Crippen molar-refractivity contribution in [1.29, 1.82) is 0 Å².